The van der Waals surface area contributed by atoms with Crippen LogP contribution in [0, 0.1) is 17.3 Å². The van der Waals surface area contributed by atoms with E-state index in [1.54, 1.807) is 12.1 Å². The summed E-state index contributed by atoms with van der Waals surface area (Å²) in [4.78, 5) is 26.7. The van der Waals surface area contributed by atoms with Crippen LogP contribution >= 0.6 is 0 Å². The quantitative estimate of drug-likeness (QED) is 0.794. The zero-order valence-corrected chi connectivity index (χ0v) is 16.1. The Morgan fingerprint density at radius 3 is 2.63 bits per heavy atom. The van der Waals surface area contributed by atoms with Crippen molar-refractivity contribution < 1.29 is 14.7 Å². The number of nitrogens with two attached hydrogens (primary N) is 1. The lowest BCUT2D eigenvalue weighted by atomic mass is 9.52. The van der Waals surface area contributed by atoms with Gasteiger partial charge < -0.3 is 10.8 Å². The smallest absolute Gasteiger partial charge is 0.193 e. The molecule has 0 saturated heterocycles. The number of aromatic hydroxyl groups is 1. The highest BCUT2D eigenvalue weighted by molar-refractivity contribution is 6.15. The van der Waals surface area contributed by atoms with E-state index in [0.717, 1.165) is 36.0 Å². The van der Waals surface area contributed by atoms with Crippen LogP contribution in [0.4, 0.5) is 0 Å². The van der Waals surface area contributed by atoms with Gasteiger partial charge in [-0.25, -0.2) is 0 Å². The van der Waals surface area contributed by atoms with Crippen LogP contribution in [0.3, 0.4) is 0 Å². The SMILES string of the molecule is C=C(N)C1=C(C)CC2CC3Cc4cccc(O)c4C(=O)C3=C(C)[C@]2(C)C1=O. The molecule has 3 aliphatic rings. The third-order valence-corrected chi connectivity index (χ3v) is 7.04. The number of carbonyl (C=O) groups is 2. The van der Waals surface area contributed by atoms with Gasteiger partial charge >= 0.3 is 0 Å². The molecule has 0 saturated carbocycles. The van der Waals surface area contributed by atoms with E-state index in [4.69, 9.17) is 5.73 Å². The lowest BCUT2D eigenvalue weighted by Crippen LogP contribution is -2.48. The topological polar surface area (TPSA) is 80.4 Å². The average molecular weight is 363 g/mol. The van der Waals surface area contributed by atoms with Crippen molar-refractivity contribution in [2.75, 3.05) is 0 Å². The van der Waals surface area contributed by atoms with Gasteiger partial charge in [-0.1, -0.05) is 29.9 Å². The Hall–Kier alpha value is -2.62. The Kier molecular flexibility index (Phi) is 3.74. The molecule has 0 radical (unpaired) electrons. The first-order valence-electron chi connectivity index (χ1n) is 9.44. The number of Topliss-reactive ketones (excluding diaryl/α,β-unsaturated/α-hetero) is 2. The van der Waals surface area contributed by atoms with Crippen molar-refractivity contribution in [3.05, 3.63) is 63.9 Å². The molecule has 2 unspecified atom stereocenters. The van der Waals surface area contributed by atoms with E-state index in [2.05, 4.69) is 6.58 Å². The first-order valence-corrected chi connectivity index (χ1v) is 9.44. The molecule has 4 heteroatoms. The van der Waals surface area contributed by atoms with Crippen molar-refractivity contribution in [2.45, 2.75) is 40.0 Å². The van der Waals surface area contributed by atoms with Crippen LogP contribution in [0.15, 0.2) is 52.8 Å². The van der Waals surface area contributed by atoms with E-state index in [1.165, 1.54) is 0 Å². The Morgan fingerprint density at radius 2 is 1.96 bits per heavy atom. The van der Waals surface area contributed by atoms with Gasteiger partial charge in [0.15, 0.2) is 11.6 Å². The summed E-state index contributed by atoms with van der Waals surface area (Å²) in [6.45, 7) is 9.61. The van der Waals surface area contributed by atoms with Gasteiger partial charge in [0.05, 0.1) is 11.0 Å². The van der Waals surface area contributed by atoms with Gasteiger partial charge in [-0.2, -0.15) is 0 Å². The first-order chi connectivity index (χ1) is 12.7. The number of rotatable bonds is 1. The Labute approximate surface area is 159 Å². The Bertz CT molecular complexity index is 981. The number of phenols is 1. The summed E-state index contributed by atoms with van der Waals surface area (Å²) in [6.07, 6.45) is 2.30. The predicted octanol–water partition coefficient (Wildman–Crippen LogP) is 3.85. The number of phenolic OH excluding ortho intramolecular Hbond substituents is 1. The largest absolute Gasteiger partial charge is 0.507 e. The van der Waals surface area contributed by atoms with Crippen LogP contribution in [0.5, 0.6) is 5.75 Å². The monoisotopic (exact) mass is 363 g/mol. The number of benzene rings is 1. The fourth-order valence-corrected chi connectivity index (χ4v) is 5.54. The fraction of sp³-hybridized carbons (Fsp3) is 0.391. The van der Waals surface area contributed by atoms with Crippen molar-refractivity contribution in [3.8, 4) is 5.75 Å². The molecular weight excluding hydrogens is 338 g/mol. The minimum absolute atomic E-state index is 0.0188. The standard InChI is InChI=1S/C23H25NO3/c1-11-8-16-10-15-9-14-6-5-7-17(25)20(14)21(26)19(15)12(2)23(16,4)22(27)18(11)13(3)24/h5-7,15-16,25H,3,8-10,24H2,1-2,4H3/t15?,16?,23-/m0/s1. The van der Waals surface area contributed by atoms with Gasteiger partial charge in [0.25, 0.3) is 0 Å². The highest BCUT2D eigenvalue weighted by atomic mass is 16.3. The third kappa shape index (κ3) is 2.22. The molecule has 4 nitrogen and oxygen atoms in total. The Balaban J connectivity index is 1.91. The van der Waals surface area contributed by atoms with E-state index in [1.807, 2.05) is 26.8 Å². The normalized spacial score (nSPS) is 30.0. The summed E-state index contributed by atoms with van der Waals surface area (Å²) in [5, 5.41) is 10.3. The summed E-state index contributed by atoms with van der Waals surface area (Å²) in [7, 11) is 0. The fourth-order valence-electron chi connectivity index (χ4n) is 5.54. The van der Waals surface area contributed by atoms with Gasteiger partial charge in [0.2, 0.25) is 0 Å². The van der Waals surface area contributed by atoms with Crippen LogP contribution in [0.1, 0.15) is 49.5 Å². The Morgan fingerprint density at radius 1 is 1.26 bits per heavy atom. The van der Waals surface area contributed by atoms with Gasteiger partial charge in [0, 0.05) is 16.8 Å². The van der Waals surface area contributed by atoms with E-state index in [0.29, 0.717) is 22.4 Å². The molecule has 27 heavy (non-hydrogen) atoms. The minimum Gasteiger partial charge on any atom is -0.507 e. The number of ketones is 2. The number of carbonyl (C=O) groups excluding carboxylic acids is 2. The second-order valence-corrected chi connectivity index (χ2v) is 8.43. The molecule has 140 valence electrons. The molecule has 3 atom stereocenters. The molecule has 1 aromatic carbocycles. The molecule has 0 fully saturated rings. The minimum atomic E-state index is -0.749. The molecular formula is C23H25NO3. The highest BCUT2D eigenvalue weighted by Crippen LogP contribution is 2.56. The molecule has 3 N–H and O–H groups in total. The summed E-state index contributed by atoms with van der Waals surface area (Å²) in [6, 6.07) is 5.25. The second-order valence-electron chi connectivity index (χ2n) is 8.43. The van der Waals surface area contributed by atoms with Crippen molar-refractivity contribution >= 4 is 11.6 Å². The van der Waals surface area contributed by atoms with Crippen LogP contribution in [-0.2, 0) is 11.2 Å². The summed E-state index contributed by atoms with van der Waals surface area (Å²) < 4.78 is 0. The van der Waals surface area contributed by atoms with Gasteiger partial charge in [-0.05, 0) is 63.5 Å². The zero-order valence-electron chi connectivity index (χ0n) is 16.1. The number of fused-ring (bicyclic) bond motifs is 3. The van der Waals surface area contributed by atoms with Gasteiger partial charge in [-0.3, -0.25) is 9.59 Å². The van der Waals surface area contributed by atoms with Gasteiger partial charge in [-0.15, -0.1) is 0 Å². The second kappa shape index (κ2) is 5.69. The highest BCUT2D eigenvalue weighted by Gasteiger charge is 2.54. The molecule has 0 aliphatic heterocycles. The molecule has 0 heterocycles. The molecule has 0 spiro atoms. The van der Waals surface area contributed by atoms with Crippen LogP contribution < -0.4 is 5.73 Å². The number of hydrogen-bond acceptors (Lipinski definition) is 4. The molecule has 0 amide bonds. The molecule has 0 aromatic heterocycles. The van der Waals surface area contributed by atoms with Crippen LogP contribution in [-0.4, -0.2) is 16.7 Å². The lowest BCUT2D eigenvalue weighted by Gasteiger charge is -2.49. The van der Waals surface area contributed by atoms with Crippen molar-refractivity contribution in [1.82, 2.24) is 0 Å². The first kappa shape index (κ1) is 17.8. The van der Waals surface area contributed by atoms with E-state index in [9.17, 15) is 14.7 Å². The lowest BCUT2D eigenvalue weighted by molar-refractivity contribution is -0.126. The summed E-state index contributed by atoms with van der Waals surface area (Å²) in [5.74, 6) is 0.0960. The van der Waals surface area contributed by atoms with Crippen molar-refractivity contribution in [2.24, 2.45) is 23.0 Å². The number of allylic oxidation sites excluding steroid dienone is 4. The third-order valence-electron chi connectivity index (χ3n) is 7.04. The predicted molar refractivity (Wildman–Crippen MR) is 104 cm³/mol. The molecule has 3 aliphatic carbocycles. The van der Waals surface area contributed by atoms with E-state index in [-0.39, 0.29) is 29.2 Å². The maximum absolute atomic E-state index is 13.4. The molecule has 4 rings (SSSR count). The van der Waals surface area contributed by atoms with E-state index < -0.39 is 5.41 Å². The summed E-state index contributed by atoms with van der Waals surface area (Å²) in [5.41, 5.74) is 9.83. The van der Waals surface area contributed by atoms with Crippen LogP contribution in [0.2, 0.25) is 0 Å². The van der Waals surface area contributed by atoms with Crippen molar-refractivity contribution in [1.29, 1.82) is 0 Å². The maximum atomic E-state index is 13.4. The molecule has 0 bridgehead atoms. The number of hydrogen-bond donors (Lipinski definition) is 2. The van der Waals surface area contributed by atoms with Crippen molar-refractivity contribution in [3.63, 3.8) is 0 Å². The average Bonchev–Trinajstić information content (AvgIpc) is 2.57. The van der Waals surface area contributed by atoms with Crippen LogP contribution in [0.25, 0.3) is 0 Å². The summed E-state index contributed by atoms with van der Waals surface area (Å²) >= 11 is 0. The van der Waals surface area contributed by atoms with Gasteiger partial charge in [0.1, 0.15) is 5.75 Å². The maximum Gasteiger partial charge on any atom is 0.193 e. The van der Waals surface area contributed by atoms with E-state index >= 15 is 0 Å². The zero-order chi connectivity index (χ0) is 19.7. The molecule has 1 aromatic rings.